The molecule has 0 aliphatic carbocycles. The maximum Gasteiger partial charge on any atom is 0.123 e. The van der Waals surface area contributed by atoms with Crippen molar-refractivity contribution < 1.29 is 4.39 Å². The lowest BCUT2D eigenvalue weighted by Crippen LogP contribution is -2.29. The molecule has 1 atom stereocenters. The van der Waals surface area contributed by atoms with Crippen LogP contribution in [0.4, 0.5) is 4.39 Å². The van der Waals surface area contributed by atoms with E-state index in [0.717, 1.165) is 24.0 Å². The second kappa shape index (κ2) is 6.64. The van der Waals surface area contributed by atoms with Crippen LogP contribution < -0.4 is 11.3 Å². The Kier molecular flexibility index (Phi) is 4.88. The summed E-state index contributed by atoms with van der Waals surface area (Å²) in [7, 11) is 0. The van der Waals surface area contributed by atoms with Gasteiger partial charge >= 0.3 is 0 Å². The Balaban J connectivity index is 2.13. The Hall–Kier alpha value is -1.71. The molecule has 0 spiro atoms. The predicted octanol–water partition coefficient (Wildman–Crippen LogP) is 3.58. The van der Waals surface area contributed by atoms with E-state index in [9.17, 15) is 4.39 Å². The topological polar surface area (TPSA) is 38.0 Å². The third kappa shape index (κ3) is 3.44. The predicted molar refractivity (Wildman–Crippen MR) is 80.7 cm³/mol. The molecule has 20 heavy (non-hydrogen) atoms. The number of halogens is 1. The summed E-state index contributed by atoms with van der Waals surface area (Å²) in [6.07, 6.45) is 1.75. The zero-order valence-electron chi connectivity index (χ0n) is 12.0. The maximum atomic E-state index is 13.4. The Labute approximate surface area is 119 Å². The highest BCUT2D eigenvalue weighted by molar-refractivity contribution is 5.30. The molecule has 2 aromatic rings. The fraction of sp³-hybridized carbons (Fsp3) is 0.294. The smallest absolute Gasteiger partial charge is 0.123 e. The van der Waals surface area contributed by atoms with Gasteiger partial charge in [-0.2, -0.15) is 0 Å². The van der Waals surface area contributed by atoms with E-state index in [1.165, 1.54) is 17.2 Å². The van der Waals surface area contributed by atoms with Gasteiger partial charge < -0.3 is 0 Å². The van der Waals surface area contributed by atoms with Crippen LogP contribution in [0.3, 0.4) is 0 Å². The fourth-order valence-electron chi connectivity index (χ4n) is 2.51. The first-order valence-corrected chi connectivity index (χ1v) is 6.88. The monoisotopic (exact) mass is 272 g/mol. The normalized spacial score (nSPS) is 12.4. The van der Waals surface area contributed by atoms with Crippen LogP contribution in [0.5, 0.6) is 0 Å². The molecule has 0 fully saturated rings. The zero-order valence-corrected chi connectivity index (χ0v) is 12.0. The van der Waals surface area contributed by atoms with Gasteiger partial charge in [-0.25, -0.2) is 4.39 Å². The van der Waals surface area contributed by atoms with Gasteiger partial charge in [-0.15, -0.1) is 0 Å². The van der Waals surface area contributed by atoms with Gasteiger partial charge in [-0.05, 0) is 61.1 Å². The lowest BCUT2D eigenvalue weighted by atomic mass is 9.94. The summed E-state index contributed by atoms with van der Waals surface area (Å²) in [5, 5.41) is 0. The van der Waals surface area contributed by atoms with E-state index < -0.39 is 0 Å². The molecule has 0 aliphatic rings. The number of aryl methyl sites for hydroxylation is 3. The van der Waals surface area contributed by atoms with Crippen molar-refractivity contribution >= 4 is 0 Å². The molecule has 3 N–H and O–H groups in total. The molecule has 2 aromatic carbocycles. The molecule has 3 heteroatoms. The van der Waals surface area contributed by atoms with Crippen molar-refractivity contribution in [3.8, 4) is 0 Å². The van der Waals surface area contributed by atoms with Gasteiger partial charge in [0, 0.05) is 6.04 Å². The first kappa shape index (κ1) is 14.7. The second-order valence-corrected chi connectivity index (χ2v) is 5.19. The average molecular weight is 272 g/mol. The SMILES string of the molecule is Cc1ccccc1CCC(NN)c1cc(F)ccc1C. The molecule has 1 unspecified atom stereocenters. The van der Waals surface area contributed by atoms with Crippen LogP contribution in [0.25, 0.3) is 0 Å². The number of nitrogens with one attached hydrogen (secondary N) is 1. The van der Waals surface area contributed by atoms with Crippen LogP contribution >= 0.6 is 0 Å². The number of hydrazine groups is 1. The zero-order chi connectivity index (χ0) is 14.5. The first-order chi connectivity index (χ1) is 9.61. The molecule has 0 aliphatic heterocycles. The molecular formula is C17H21FN2. The second-order valence-electron chi connectivity index (χ2n) is 5.19. The molecule has 2 rings (SSSR count). The van der Waals surface area contributed by atoms with E-state index in [4.69, 9.17) is 5.84 Å². The van der Waals surface area contributed by atoms with E-state index in [2.05, 4.69) is 24.5 Å². The third-order valence-electron chi connectivity index (χ3n) is 3.78. The summed E-state index contributed by atoms with van der Waals surface area (Å²) in [4.78, 5) is 0. The van der Waals surface area contributed by atoms with Crippen LogP contribution in [-0.4, -0.2) is 0 Å². The van der Waals surface area contributed by atoms with Crippen molar-refractivity contribution in [2.45, 2.75) is 32.7 Å². The quantitative estimate of drug-likeness (QED) is 0.645. The molecule has 0 saturated carbocycles. The van der Waals surface area contributed by atoms with Gasteiger partial charge in [-0.3, -0.25) is 11.3 Å². The van der Waals surface area contributed by atoms with Gasteiger partial charge in [-0.1, -0.05) is 30.3 Å². The average Bonchev–Trinajstić information content (AvgIpc) is 2.45. The number of rotatable bonds is 5. The summed E-state index contributed by atoms with van der Waals surface area (Å²) < 4.78 is 13.4. The maximum absolute atomic E-state index is 13.4. The van der Waals surface area contributed by atoms with Gasteiger partial charge in [0.2, 0.25) is 0 Å². The minimum Gasteiger partial charge on any atom is -0.271 e. The standard InChI is InChI=1S/C17H21FN2/c1-12-5-3-4-6-14(12)8-10-17(20-19)16-11-15(18)9-7-13(16)2/h3-7,9,11,17,20H,8,10,19H2,1-2H3. The first-order valence-electron chi connectivity index (χ1n) is 6.88. The third-order valence-corrected chi connectivity index (χ3v) is 3.78. The fourth-order valence-corrected chi connectivity index (χ4v) is 2.51. The van der Waals surface area contributed by atoms with Gasteiger partial charge in [0.05, 0.1) is 0 Å². The molecule has 0 amide bonds. The van der Waals surface area contributed by atoms with E-state index in [1.807, 2.05) is 19.1 Å². The molecule has 0 bridgehead atoms. The minimum atomic E-state index is -0.221. The van der Waals surface area contributed by atoms with Gasteiger partial charge in [0.1, 0.15) is 5.82 Å². The highest BCUT2D eigenvalue weighted by Crippen LogP contribution is 2.23. The Bertz CT molecular complexity index is 581. The van der Waals surface area contributed by atoms with Crippen LogP contribution in [0.1, 0.15) is 34.7 Å². The summed E-state index contributed by atoms with van der Waals surface area (Å²) in [5.41, 5.74) is 7.38. The van der Waals surface area contributed by atoms with Crippen molar-refractivity contribution in [2.24, 2.45) is 5.84 Å². The molecule has 2 nitrogen and oxygen atoms in total. The van der Waals surface area contributed by atoms with Crippen molar-refractivity contribution in [1.82, 2.24) is 5.43 Å². The van der Waals surface area contributed by atoms with Gasteiger partial charge in [0.25, 0.3) is 0 Å². The molecule has 0 heterocycles. The van der Waals surface area contributed by atoms with Crippen LogP contribution in [0.2, 0.25) is 0 Å². The summed E-state index contributed by atoms with van der Waals surface area (Å²) >= 11 is 0. The Morgan fingerprint density at radius 2 is 1.85 bits per heavy atom. The van der Waals surface area contributed by atoms with Crippen molar-refractivity contribution in [2.75, 3.05) is 0 Å². The molecular weight excluding hydrogens is 251 g/mol. The number of hydrogen-bond acceptors (Lipinski definition) is 2. The molecule has 106 valence electrons. The van der Waals surface area contributed by atoms with Gasteiger partial charge in [0.15, 0.2) is 0 Å². The van der Waals surface area contributed by atoms with Crippen LogP contribution in [-0.2, 0) is 6.42 Å². The highest BCUT2D eigenvalue weighted by Gasteiger charge is 2.13. The summed E-state index contributed by atoms with van der Waals surface area (Å²) in [6, 6.07) is 13.1. The van der Waals surface area contributed by atoms with Crippen molar-refractivity contribution in [1.29, 1.82) is 0 Å². The summed E-state index contributed by atoms with van der Waals surface area (Å²) in [5.74, 6) is 5.43. The van der Waals surface area contributed by atoms with Crippen molar-refractivity contribution in [3.63, 3.8) is 0 Å². The number of benzene rings is 2. The summed E-state index contributed by atoms with van der Waals surface area (Å²) in [6.45, 7) is 4.08. The number of hydrogen-bond donors (Lipinski definition) is 2. The molecule has 0 radical (unpaired) electrons. The molecule has 0 saturated heterocycles. The van der Waals surface area contributed by atoms with Crippen LogP contribution in [0, 0.1) is 19.7 Å². The minimum absolute atomic E-state index is 0.0368. The van der Waals surface area contributed by atoms with E-state index in [1.54, 1.807) is 12.1 Å². The van der Waals surface area contributed by atoms with E-state index >= 15 is 0 Å². The van der Waals surface area contributed by atoms with Crippen LogP contribution in [0.15, 0.2) is 42.5 Å². The lowest BCUT2D eigenvalue weighted by Gasteiger charge is -2.19. The number of nitrogens with two attached hydrogens (primary N) is 1. The van der Waals surface area contributed by atoms with Crippen molar-refractivity contribution in [3.05, 3.63) is 70.5 Å². The molecule has 0 aromatic heterocycles. The van der Waals surface area contributed by atoms with E-state index in [0.29, 0.717) is 0 Å². The lowest BCUT2D eigenvalue weighted by molar-refractivity contribution is 0.509. The largest absolute Gasteiger partial charge is 0.271 e. The Morgan fingerprint density at radius 1 is 1.10 bits per heavy atom. The Morgan fingerprint density at radius 3 is 2.55 bits per heavy atom. The highest BCUT2D eigenvalue weighted by atomic mass is 19.1. The van der Waals surface area contributed by atoms with E-state index in [-0.39, 0.29) is 11.9 Å².